The van der Waals surface area contributed by atoms with Crippen molar-refractivity contribution in [3.05, 3.63) is 30.1 Å². The lowest BCUT2D eigenvalue weighted by atomic mass is 10.4. The number of anilines is 1. The lowest BCUT2D eigenvalue weighted by molar-refractivity contribution is 0.102. The van der Waals surface area contributed by atoms with Crippen LogP contribution in [0.1, 0.15) is 10.5 Å². The maximum Gasteiger partial charge on any atom is 0.274 e. The van der Waals surface area contributed by atoms with Gasteiger partial charge in [0.05, 0.1) is 14.2 Å². The summed E-state index contributed by atoms with van der Waals surface area (Å²) in [7, 11) is 2.99. The van der Waals surface area contributed by atoms with Gasteiger partial charge in [-0.3, -0.25) is 9.89 Å². The largest absolute Gasteiger partial charge is 0.491 e. The highest BCUT2D eigenvalue weighted by Gasteiger charge is 2.11. The molecule has 7 heteroatoms. The topological polar surface area (TPSA) is 89.1 Å². The molecule has 0 aliphatic rings. The molecule has 0 fully saturated rings. The van der Waals surface area contributed by atoms with Gasteiger partial charge in [-0.05, 0) is 18.2 Å². The van der Waals surface area contributed by atoms with Gasteiger partial charge in [-0.2, -0.15) is 10.1 Å². The van der Waals surface area contributed by atoms with E-state index < -0.39 is 0 Å². The molecule has 2 aromatic rings. The summed E-state index contributed by atoms with van der Waals surface area (Å²) in [6, 6.07) is 4.85. The van der Waals surface area contributed by atoms with Gasteiger partial charge in [-0.25, -0.2) is 0 Å². The van der Waals surface area contributed by atoms with Crippen LogP contribution in [0.5, 0.6) is 11.6 Å². The van der Waals surface area contributed by atoms with Crippen molar-refractivity contribution >= 4 is 11.7 Å². The first-order valence-electron chi connectivity index (χ1n) is 5.14. The molecule has 0 aliphatic heterocycles. The second kappa shape index (κ2) is 5.17. The fraction of sp³-hybridized carbons (Fsp3) is 0.182. The number of carbonyl (C=O) groups is 1. The molecule has 2 rings (SSSR count). The molecule has 0 saturated heterocycles. The number of nitrogens with one attached hydrogen (secondary N) is 2. The fourth-order valence-corrected chi connectivity index (χ4v) is 1.36. The summed E-state index contributed by atoms with van der Waals surface area (Å²) in [5.41, 5.74) is 0.353. The van der Waals surface area contributed by atoms with Gasteiger partial charge in [0.1, 0.15) is 11.5 Å². The average molecular weight is 248 g/mol. The number of hydrogen-bond donors (Lipinski definition) is 2. The summed E-state index contributed by atoms with van der Waals surface area (Å²) >= 11 is 0. The summed E-state index contributed by atoms with van der Waals surface area (Å²) in [6.45, 7) is 0. The number of nitrogens with zero attached hydrogens (tertiary/aromatic N) is 2. The molecule has 7 nitrogen and oxygen atoms in total. The number of rotatable bonds is 4. The van der Waals surface area contributed by atoms with Gasteiger partial charge >= 0.3 is 0 Å². The van der Waals surface area contributed by atoms with Crippen LogP contribution in [-0.4, -0.2) is 35.3 Å². The Kier molecular flexibility index (Phi) is 3.42. The maximum atomic E-state index is 11.7. The van der Waals surface area contributed by atoms with Crippen LogP contribution in [0.3, 0.4) is 0 Å². The number of methoxy groups -OCH3 is 2. The Morgan fingerprint density at radius 2 is 2.11 bits per heavy atom. The zero-order valence-corrected chi connectivity index (χ0v) is 9.93. The van der Waals surface area contributed by atoms with Crippen LogP contribution in [-0.2, 0) is 0 Å². The standard InChI is InChI=1S/C11H12N4O3/c1-17-8-3-4-9(14-11(8)18-2)13-10(16)7-5-6-12-15-7/h3-6H,1-2H3,(H,12,15)(H,13,14,16). The fourth-order valence-electron chi connectivity index (χ4n) is 1.36. The molecule has 0 aliphatic carbocycles. The molecule has 1 amide bonds. The van der Waals surface area contributed by atoms with Crippen LogP contribution >= 0.6 is 0 Å². The van der Waals surface area contributed by atoms with E-state index in [0.717, 1.165) is 0 Å². The molecule has 0 spiro atoms. The van der Waals surface area contributed by atoms with Gasteiger partial charge in [0, 0.05) is 6.20 Å². The van der Waals surface area contributed by atoms with E-state index in [1.54, 1.807) is 18.2 Å². The summed E-state index contributed by atoms with van der Waals surface area (Å²) in [5.74, 6) is 0.844. The predicted molar refractivity (Wildman–Crippen MR) is 63.9 cm³/mol. The number of H-pyrrole nitrogens is 1. The van der Waals surface area contributed by atoms with E-state index in [1.807, 2.05) is 0 Å². The van der Waals surface area contributed by atoms with Gasteiger partial charge in [0.25, 0.3) is 11.8 Å². The SMILES string of the molecule is COc1ccc(NC(=O)c2ccn[nH]2)nc1OC. The van der Waals surface area contributed by atoms with E-state index in [9.17, 15) is 4.79 Å². The summed E-state index contributed by atoms with van der Waals surface area (Å²) in [5, 5.41) is 8.87. The minimum Gasteiger partial charge on any atom is -0.491 e. The minimum absolute atomic E-state index is 0.305. The average Bonchev–Trinajstić information content (AvgIpc) is 2.92. The number of ether oxygens (including phenoxy) is 2. The third kappa shape index (κ3) is 2.40. The Bertz CT molecular complexity index is 539. The van der Waals surface area contributed by atoms with E-state index in [-0.39, 0.29) is 5.91 Å². The maximum absolute atomic E-state index is 11.7. The van der Waals surface area contributed by atoms with Crippen molar-refractivity contribution in [2.24, 2.45) is 0 Å². The molecular formula is C11H12N4O3. The van der Waals surface area contributed by atoms with Crippen LogP contribution in [0.4, 0.5) is 5.82 Å². The van der Waals surface area contributed by atoms with Gasteiger partial charge in [-0.15, -0.1) is 0 Å². The van der Waals surface area contributed by atoms with Crippen LogP contribution in [0.15, 0.2) is 24.4 Å². The number of amides is 1. The van der Waals surface area contributed by atoms with Crippen molar-refractivity contribution in [2.45, 2.75) is 0 Å². The first-order valence-corrected chi connectivity index (χ1v) is 5.14. The molecule has 2 heterocycles. The molecule has 0 atom stereocenters. The quantitative estimate of drug-likeness (QED) is 0.844. The molecule has 18 heavy (non-hydrogen) atoms. The third-order valence-electron chi connectivity index (χ3n) is 2.23. The highest BCUT2D eigenvalue weighted by Crippen LogP contribution is 2.25. The summed E-state index contributed by atoms with van der Waals surface area (Å²) in [4.78, 5) is 15.8. The normalized spacial score (nSPS) is 9.89. The molecule has 0 radical (unpaired) electrons. The molecule has 0 saturated carbocycles. The van der Waals surface area contributed by atoms with Crippen molar-refractivity contribution in [1.82, 2.24) is 15.2 Å². The van der Waals surface area contributed by atoms with Crippen molar-refractivity contribution in [3.8, 4) is 11.6 Å². The lowest BCUT2D eigenvalue weighted by Crippen LogP contribution is -2.13. The molecule has 2 N–H and O–H groups in total. The Morgan fingerprint density at radius 1 is 1.28 bits per heavy atom. The summed E-state index contributed by atoms with van der Waals surface area (Å²) < 4.78 is 10.1. The monoisotopic (exact) mass is 248 g/mol. The van der Waals surface area contributed by atoms with Gasteiger partial charge < -0.3 is 14.8 Å². The Labute approximate surface area is 103 Å². The number of carbonyl (C=O) groups excluding carboxylic acids is 1. The highest BCUT2D eigenvalue weighted by atomic mass is 16.5. The Balaban J connectivity index is 2.17. The highest BCUT2D eigenvalue weighted by molar-refractivity contribution is 6.02. The van der Waals surface area contributed by atoms with E-state index in [0.29, 0.717) is 23.1 Å². The van der Waals surface area contributed by atoms with E-state index >= 15 is 0 Å². The first-order chi connectivity index (χ1) is 8.74. The van der Waals surface area contributed by atoms with Crippen molar-refractivity contribution in [1.29, 1.82) is 0 Å². The number of aromatic nitrogens is 3. The van der Waals surface area contributed by atoms with Crippen molar-refractivity contribution < 1.29 is 14.3 Å². The van der Waals surface area contributed by atoms with Crippen LogP contribution in [0.25, 0.3) is 0 Å². The predicted octanol–water partition coefficient (Wildman–Crippen LogP) is 1.07. The second-order valence-corrected chi connectivity index (χ2v) is 3.33. The van der Waals surface area contributed by atoms with Gasteiger partial charge in [-0.1, -0.05) is 0 Å². The zero-order valence-electron chi connectivity index (χ0n) is 9.93. The van der Waals surface area contributed by atoms with Crippen molar-refractivity contribution in [2.75, 3.05) is 19.5 Å². The van der Waals surface area contributed by atoms with E-state index in [4.69, 9.17) is 9.47 Å². The van der Waals surface area contributed by atoms with Gasteiger partial charge in [0.15, 0.2) is 5.75 Å². The van der Waals surface area contributed by atoms with Gasteiger partial charge in [0.2, 0.25) is 0 Å². The molecular weight excluding hydrogens is 236 g/mol. The number of hydrogen-bond acceptors (Lipinski definition) is 5. The molecule has 0 unspecified atom stereocenters. The van der Waals surface area contributed by atoms with Crippen LogP contribution < -0.4 is 14.8 Å². The first kappa shape index (κ1) is 11.9. The number of aromatic amines is 1. The third-order valence-corrected chi connectivity index (χ3v) is 2.23. The lowest BCUT2D eigenvalue weighted by Gasteiger charge is -2.08. The Hall–Kier alpha value is -2.57. The zero-order chi connectivity index (χ0) is 13.0. The second-order valence-electron chi connectivity index (χ2n) is 3.33. The summed E-state index contributed by atoms with van der Waals surface area (Å²) in [6.07, 6.45) is 1.50. The molecule has 2 aromatic heterocycles. The molecule has 0 bridgehead atoms. The van der Waals surface area contributed by atoms with Crippen LogP contribution in [0, 0.1) is 0 Å². The number of pyridine rings is 1. The molecule has 94 valence electrons. The minimum atomic E-state index is -0.327. The van der Waals surface area contributed by atoms with Crippen LogP contribution in [0.2, 0.25) is 0 Å². The van der Waals surface area contributed by atoms with E-state index in [2.05, 4.69) is 20.5 Å². The smallest absolute Gasteiger partial charge is 0.274 e. The Morgan fingerprint density at radius 3 is 2.72 bits per heavy atom. The van der Waals surface area contributed by atoms with Crippen molar-refractivity contribution in [3.63, 3.8) is 0 Å². The van der Waals surface area contributed by atoms with E-state index in [1.165, 1.54) is 20.4 Å². The molecule has 0 aromatic carbocycles.